The van der Waals surface area contributed by atoms with Gasteiger partial charge in [-0.25, -0.2) is 4.39 Å². The highest BCUT2D eigenvalue weighted by Gasteiger charge is 2.20. The number of piperidine rings is 1. The van der Waals surface area contributed by atoms with Crippen LogP contribution in [0, 0.1) is 17.1 Å². The average Bonchev–Trinajstić information content (AvgIpc) is 3.21. The first-order chi connectivity index (χ1) is 12.7. The van der Waals surface area contributed by atoms with Crippen molar-refractivity contribution in [2.45, 2.75) is 25.4 Å². The van der Waals surface area contributed by atoms with E-state index < -0.39 is 0 Å². The van der Waals surface area contributed by atoms with E-state index in [4.69, 9.17) is 5.26 Å². The van der Waals surface area contributed by atoms with E-state index in [1.54, 1.807) is 24.5 Å². The Morgan fingerprint density at radius 3 is 2.85 bits per heavy atom. The minimum absolute atomic E-state index is 0.287. The van der Waals surface area contributed by atoms with E-state index >= 15 is 0 Å². The minimum atomic E-state index is -0.323. The molecule has 1 saturated heterocycles. The maximum absolute atomic E-state index is 13.9. The van der Waals surface area contributed by atoms with Crippen molar-refractivity contribution in [1.29, 1.82) is 5.26 Å². The quantitative estimate of drug-likeness (QED) is 0.640. The normalized spacial score (nSPS) is 15.6. The third-order valence-corrected chi connectivity index (χ3v) is 5.43. The van der Waals surface area contributed by atoms with Crippen LogP contribution >= 0.6 is 11.3 Å². The standard InChI is InChI=1S/C19H22FN5S/c1-22-19(23-13-15-11-14(12-21)4-5-17(15)20)24-16-6-8-25(9-7-16)18-3-2-10-26-18/h2-5,10-11,16H,6-9,13H2,1H3,(H2,22,23,24). The molecule has 2 aromatic rings. The summed E-state index contributed by atoms with van der Waals surface area (Å²) in [6.45, 7) is 2.30. The lowest BCUT2D eigenvalue weighted by atomic mass is 10.1. The Morgan fingerprint density at radius 1 is 1.38 bits per heavy atom. The topological polar surface area (TPSA) is 63.5 Å². The molecule has 1 aromatic carbocycles. The van der Waals surface area contributed by atoms with E-state index in [9.17, 15) is 4.39 Å². The molecule has 0 radical (unpaired) electrons. The van der Waals surface area contributed by atoms with Gasteiger partial charge in [0.25, 0.3) is 0 Å². The van der Waals surface area contributed by atoms with Gasteiger partial charge in [-0.05, 0) is 48.6 Å². The summed E-state index contributed by atoms with van der Waals surface area (Å²) in [7, 11) is 1.71. The Hall–Kier alpha value is -2.59. The van der Waals surface area contributed by atoms with Gasteiger partial charge in [-0.3, -0.25) is 4.99 Å². The molecule has 136 valence electrons. The molecular formula is C19H22FN5S. The molecule has 0 saturated carbocycles. The smallest absolute Gasteiger partial charge is 0.191 e. The van der Waals surface area contributed by atoms with E-state index in [0.29, 0.717) is 23.1 Å². The molecule has 0 bridgehead atoms. The number of nitrogens with zero attached hydrogens (tertiary/aromatic N) is 3. The van der Waals surface area contributed by atoms with Gasteiger partial charge in [0, 0.05) is 38.3 Å². The van der Waals surface area contributed by atoms with Gasteiger partial charge < -0.3 is 15.5 Å². The summed E-state index contributed by atoms with van der Waals surface area (Å²) < 4.78 is 13.9. The Kier molecular flexibility index (Phi) is 6.08. The van der Waals surface area contributed by atoms with Gasteiger partial charge in [0.2, 0.25) is 0 Å². The van der Waals surface area contributed by atoms with Gasteiger partial charge in [-0.1, -0.05) is 0 Å². The Bertz CT molecular complexity index is 789. The predicted molar refractivity (Wildman–Crippen MR) is 104 cm³/mol. The number of halogens is 1. The number of hydrogen-bond donors (Lipinski definition) is 2. The van der Waals surface area contributed by atoms with Crippen LogP contribution in [-0.4, -0.2) is 32.1 Å². The number of benzene rings is 1. The number of thiophene rings is 1. The molecular weight excluding hydrogens is 349 g/mol. The van der Waals surface area contributed by atoms with Gasteiger partial charge in [0.15, 0.2) is 5.96 Å². The van der Waals surface area contributed by atoms with Crippen molar-refractivity contribution in [3.63, 3.8) is 0 Å². The largest absolute Gasteiger partial charge is 0.363 e. The lowest BCUT2D eigenvalue weighted by molar-refractivity contribution is 0.462. The number of nitriles is 1. The number of hydrogen-bond acceptors (Lipinski definition) is 4. The lowest BCUT2D eigenvalue weighted by Crippen LogP contribution is -2.48. The fourth-order valence-electron chi connectivity index (χ4n) is 3.04. The number of rotatable bonds is 4. The second-order valence-corrected chi connectivity index (χ2v) is 7.13. The summed E-state index contributed by atoms with van der Waals surface area (Å²) in [5.74, 6) is 0.331. The van der Waals surface area contributed by atoms with Crippen LogP contribution in [0.1, 0.15) is 24.0 Å². The third kappa shape index (κ3) is 4.52. The summed E-state index contributed by atoms with van der Waals surface area (Å²) in [6, 6.07) is 11.0. The zero-order valence-electron chi connectivity index (χ0n) is 14.7. The monoisotopic (exact) mass is 371 g/mol. The van der Waals surface area contributed by atoms with E-state index in [0.717, 1.165) is 25.9 Å². The first-order valence-electron chi connectivity index (χ1n) is 8.63. The zero-order chi connectivity index (χ0) is 18.4. The molecule has 0 unspecified atom stereocenters. The summed E-state index contributed by atoms with van der Waals surface area (Å²) in [5, 5.41) is 18.9. The number of aliphatic imine (C=N–C) groups is 1. The maximum atomic E-state index is 13.9. The van der Waals surface area contributed by atoms with Gasteiger partial charge in [-0.15, -0.1) is 11.3 Å². The molecule has 1 aliphatic rings. The summed E-state index contributed by atoms with van der Waals surface area (Å²) >= 11 is 1.77. The van der Waals surface area contributed by atoms with Crippen molar-refractivity contribution in [3.05, 3.63) is 52.7 Å². The van der Waals surface area contributed by atoms with Crippen molar-refractivity contribution in [1.82, 2.24) is 10.6 Å². The Morgan fingerprint density at radius 2 is 2.19 bits per heavy atom. The molecule has 1 aliphatic heterocycles. The fraction of sp³-hybridized carbons (Fsp3) is 0.368. The summed E-state index contributed by atoms with van der Waals surface area (Å²) in [5.41, 5.74) is 0.909. The van der Waals surface area contributed by atoms with Crippen LogP contribution in [0.25, 0.3) is 0 Å². The molecule has 2 heterocycles. The average molecular weight is 371 g/mol. The van der Waals surface area contributed by atoms with Crippen LogP contribution in [0.5, 0.6) is 0 Å². The highest BCUT2D eigenvalue weighted by molar-refractivity contribution is 7.14. The highest BCUT2D eigenvalue weighted by Crippen LogP contribution is 2.24. The zero-order valence-corrected chi connectivity index (χ0v) is 15.5. The van der Waals surface area contributed by atoms with Crippen molar-refractivity contribution in [2.75, 3.05) is 25.0 Å². The molecule has 7 heteroatoms. The first kappa shape index (κ1) is 18.2. The fourth-order valence-corrected chi connectivity index (χ4v) is 3.83. The number of anilines is 1. The van der Waals surface area contributed by atoms with Gasteiger partial charge in [-0.2, -0.15) is 5.26 Å². The van der Waals surface area contributed by atoms with Crippen LogP contribution in [-0.2, 0) is 6.54 Å². The molecule has 3 rings (SSSR count). The third-order valence-electron chi connectivity index (χ3n) is 4.50. The molecule has 5 nitrogen and oxygen atoms in total. The van der Waals surface area contributed by atoms with E-state index in [-0.39, 0.29) is 12.4 Å². The maximum Gasteiger partial charge on any atom is 0.191 e. The second-order valence-electron chi connectivity index (χ2n) is 6.20. The van der Waals surface area contributed by atoms with Crippen LogP contribution in [0.3, 0.4) is 0 Å². The SMILES string of the molecule is CN=C(NCc1cc(C#N)ccc1F)NC1CCN(c2cccs2)CC1. The van der Waals surface area contributed by atoms with Crippen LogP contribution in [0.4, 0.5) is 9.39 Å². The second kappa shape index (κ2) is 8.68. The molecule has 26 heavy (non-hydrogen) atoms. The number of guanidine groups is 1. The number of nitrogens with one attached hydrogen (secondary N) is 2. The van der Waals surface area contributed by atoms with E-state index in [2.05, 4.69) is 38.0 Å². The molecule has 0 amide bonds. The van der Waals surface area contributed by atoms with Gasteiger partial charge in [0.05, 0.1) is 16.6 Å². The van der Waals surface area contributed by atoms with Crippen molar-refractivity contribution >= 4 is 22.3 Å². The molecule has 1 aromatic heterocycles. The lowest BCUT2D eigenvalue weighted by Gasteiger charge is -2.33. The van der Waals surface area contributed by atoms with Crippen LogP contribution in [0.15, 0.2) is 40.7 Å². The van der Waals surface area contributed by atoms with Crippen LogP contribution in [0.2, 0.25) is 0 Å². The van der Waals surface area contributed by atoms with Crippen molar-refractivity contribution < 1.29 is 4.39 Å². The highest BCUT2D eigenvalue weighted by atomic mass is 32.1. The molecule has 0 aliphatic carbocycles. The van der Waals surface area contributed by atoms with E-state index in [1.807, 2.05) is 6.07 Å². The van der Waals surface area contributed by atoms with Crippen molar-refractivity contribution in [3.8, 4) is 6.07 Å². The minimum Gasteiger partial charge on any atom is -0.363 e. The summed E-state index contributed by atoms with van der Waals surface area (Å²) in [4.78, 5) is 6.64. The van der Waals surface area contributed by atoms with Gasteiger partial charge >= 0.3 is 0 Å². The molecule has 2 N–H and O–H groups in total. The first-order valence-corrected chi connectivity index (χ1v) is 9.51. The molecule has 0 spiro atoms. The Labute approximate surface area is 157 Å². The predicted octanol–water partition coefficient (Wildman–Crippen LogP) is 3.09. The van der Waals surface area contributed by atoms with Gasteiger partial charge in [0.1, 0.15) is 5.82 Å². The summed E-state index contributed by atoms with van der Waals surface area (Å²) in [6.07, 6.45) is 2.05. The molecule has 0 atom stereocenters. The van der Waals surface area contributed by atoms with Crippen LogP contribution < -0.4 is 15.5 Å². The van der Waals surface area contributed by atoms with E-state index in [1.165, 1.54) is 17.1 Å². The molecule has 1 fully saturated rings. The Balaban J connectivity index is 1.51. The van der Waals surface area contributed by atoms with Crippen molar-refractivity contribution in [2.24, 2.45) is 4.99 Å².